The van der Waals surface area contributed by atoms with Crippen LogP contribution in [0.2, 0.25) is 0 Å². The molecule has 0 aliphatic rings. The average molecular weight is 427 g/mol. The zero-order valence-corrected chi connectivity index (χ0v) is 16.3. The highest BCUT2D eigenvalue weighted by molar-refractivity contribution is 14.0. The smallest absolute Gasteiger partial charge is 0.191 e. The lowest BCUT2D eigenvalue weighted by Gasteiger charge is -2.14. The summed E-state index contributed by atoms with van der Waals surface area (Å²) < 4.78 is 2.14. The van der Waals surface area contributed by atoms with Gasteiger partial charge < -0.3 is 20.1 Å². The molecule has 126 valence electrons. The number of benzene rings is 1. The van der Waals surface area contributed by atoms with Crippen molar-refractivity contribution in [1.82, 2.24) is 15.2 Å². The molecule has 0 unspecified atom stereocenters. The van der Waals surface area contributed by atoms with Crippen LogP contribution in [0.5, 0.6) is 0 Å². The fourth-order valence-electron chi connectivity index (χ4n) is 2.14. The zero-order valence-electron chi connectivity index (χ0n) is 14.0. The van der Waals surface area contributed by atoms with Gasteiger partial charge in [0.25, 0.3) is 0 Å². The first kappa shape index (κ1) is 19.3. The Bertz CT molecular complexity index is 576. The molecule has 6 heteroatoms. The van der Waals surface area contributed by atoms with Crippen LogP contribution < -0.4 is 15.5 Å². The van der Waals surface area contributed by atoms with E-state index in [1.54, 1.807) is 7.05 Å². The van der Waals surface area contributed by atoms with Gasteiger partial charge in [-0.3, -0.25) is 4.99 Å². The SMILES string of the molecule is CN=C(NCCn1cccc1)NCc1ccc(N(C)C)cc1.I. The van der Waals surface area contributed by atoms with Gasteiger partial charge in [0.2, 0.25) is 0 Å². The summed E-state index contributed by atoms with van der Waals surface area (Å²) in [6.45, 7) is 2.52. The molecule has 23 heavy (non-hydrogen) atoms. The van der Waals surface area contributed by atoms with Gasteiger partial charge in [-0.05, 0) is 29.8 Å². The molecule has 1 aromatic heterocycles. The minimum absolute atomic E-state index is 0. The predicted octanol–water partition coefficient (Wildman–Crippen LogP) is 2.54. The molecule has 1 aromatic carbocycles. The number of nitrogens with one attached hydrogen (secondary N) is 2. The number of halogens is 1. The van der Waals surface area contributed by atoms with Crippen molar-refractivity contribution in [3.63, 3.8) is 0 Å². The molecule has 2 rings (SSSR count). The van der Waals surface area contributed by atoms with Gasteiger partial charge >= 0.3 is 0 Å². The maximum atomic E-state index is 4.24. The molecule has 0 radical (unpaired) electrons. The number of hydrogen-bond acceptors (Lipinski definition) is 2. The molecular weight excluding hydrogens is 401 g/mol. The third-order valence-electron chi connectivity index (χ3n) is 3.46. The lowest BCUT2D eigenvalue weighted by molar-refractivity contribution is 0.665. The van der Waals surface area contributed by atoms with Crippen molar-refractivity contribution < 1.29 is 0 Å². The summed E-state index contributed by atoms with van der Waals surface area (Å²) in [5, 5.41) is 6.65. The van der Waals surface area contributed by atoms with E-state index in [1.165, 1.54) is 11.3 Å². The van der Waals surface area contributed by atoms with Gasteiger partial charge in [-0.1, -0.05) is 12.1 Å². The van der Waals surface area contributed by atoms with E-state index in [1.807, 2.05) is 26.2 Å². The highest BCUT2D eigenvalue weighted by Crippen LogP contribution is 2.11. The number of aromatic nitrogens is 1. The van der Waals surface area contributed by atoms with Crippen LogP contribution in [-0.4, -0.2) is 38.2 Å². The normalized spacial score (nSPS) is 10.8. The molecule has 0 aliphatic heterocycles. The molecule has 5 nitrogen and oxygen atoms in total. The van der Waals surface area contributed by atoms with Crippen LogP contribution in [0.1, 0.15) is 5.56 Å². The van der Waals surface area contributed by atoms with Gasteiger partial charge in [-0.2, -0.15) is 0 Å². The van der Waals surface area contributed by atoms with Crippen LogP contribution >= 0.6 is 24.0 Å². The van der Waals surface area contributed by atoms with Crippen molar-refractivity contribution in [1.29, 1.82) is 0 Å². The first-order valence-corrected chi connectivity index (χ1v) is 7.50. The van der Waals surface area contributed by atoms with E-state index >= 15 is 0 Å². The molecule has 0 fully saturated rings. The fourth-order valence-corrected chi connectivity index (χ4v) is 2.14. The Balaban J connectivity index is 0.00000264. The maximum Gasteiger partial charge on any atom is 0.191 e. The quantitative estimate of drug-likeness (QED) is 0.423. The second-order valence-electron chi connectivity index (χ2n) is 5.33. The first-order chi connectivity index (χ1) is 10.7. The maximum absolute atomic E-state index is 4.24. The predicted molar refractivity (Wildman–Crippen MR) is 109 cm³/mol. The number of anilines is 1. The van der Waals surface area contributed by atoms with Crippen molar-refractivity contribution >= 4 is 35.6 Å². The van der Waals surface area contributed by atoms with E-state index in [9.17, 15) is 0 Å². The summed E-state index contributed by atoms with van der Waals surface area (Å²) in [5.74, 6) is 0.823. The number of aliphatic imine (C=N–C) groups is 1. The largest absolute Gasteiger partial charge is 0.378 e. The second-order valence-corrected chi connectivity index (χ2v) is 5.33. The number of guanidine groups is 1. The topological polar surface area (TPSA) is 44.6 Å². The number of hydrogen-bond donors (Lipinski definition) is 2. The van der Waals surface area contributed by atoms with Crippen LogP contribution in [0.15, 0.2) is 53.8 Å². The highest BCUT2D eigenvalue weighted by Gasteiger charge is 1.99. The lowest BCUT2D eigenvalue weighted by Crippen LogP contribution is -2.38. The Kier molecular flexibility index (Phi) is 8.53. The van der Waals surface area contributed by atoms with E-state index in [4.69, 9.17) is 0 Å². The van der Waals surface area contributed by atoms with Crippen molar-refractivity contribution in [2.75, 3.05) is 32.6 Å². The minimum Gasteiger partial charge on any atom is -0.378 e. The van der Waals surface area contributed by atoms with E-state index in [2.05, 4.69) is 61.8 Å². The fraction of sp³-hybridized carbons (Fsp3) is 0.353. The van der Waals surface area contributed by atoms with Crippen molar-refractivity contribution in [2.45, 2.75) is 13.1 Å². The van der Waals surface area contributed by atoms with Crippen molar-refractivity contribution in [3.8, 4) is 0 Å². The Hall–Kier alpha value is -1.70. The summed E-state index contributed by atoms with van der Waals surface area (Å²) >= 11 is 0. The summed E-state index contributed by atoms with van der Waals surface area (Å²) in [4.78, 5) is 6.34. The monoisotopic (exact) mass is 427 g/mol. The standard InChI is InChI=1S/C17H25N5.HI/c1-18-17(19-10-13-22-11-4-5-12-22)20-14-15-6-8-16(9-7-15)21(2)3;/h4-9,11-12H,10,13-14H2,1-3H3,(H2,18,19,20);1H. The van der Waals surface area contributed by atoms with Gasteiger partial charge in [0, 0.05) is 58.9 Å². The van der Waals surface area contributed by atoms with E-state index in [0.29, 0.717) is 0 Å². The second kappa shape index (κ2) is 10.1. The molecule has 0 spiro atoms. The Labute approximate surface area is 155 Å². The summed E-state index contributed by atoms with van der Waals surface area (Å²) in [6.07, 6.45) is 4.12. The van der Waals surface area contributed by atoms with Crippen LogP contribution in [-0.2, 0) is 13.1 Å². The molecule has 0 saturated heterocycles. The highest BCUT2D eigenvalue weighted by atomic mass is 127. The van der Waals surface area contributed by atoms with E-state index < -0.39 is 0 Å². The van der Waals surface area contributed by atoms with E-state index in [-0.39, 0.29) is 24.0 Å². The molecule has 0 saturated carbocycles. The van der Waals surface area contributed by atoms with Gasteiger partial charge in [-0.15, -0.1) is 24.0 Å². The average Bonchev–Trinajstić information content (AvgIpc) is 3.04. The minimum atomic E-state index is 0. The van der Waals surface area contributed by atoms with Crippen LogP contribution in [0.4, 0.5) is 5.69 Å². The van der Waals surface area contributed by atoms with Gasteiger partial charge in [0.15, 0.2) is 5.96 Å². The summed E-state index contributed by atoms with van der Waals surface area (Å²) in [5.41, 5.74) is 2.44. The first-order valence-electron chi connectivity index (χ1n) is 7.50. The number of nitrogens with zero attached hydrogens (tertiary/aromatic N) is 3. The third-order valence-corrected chi connectivity index (χ3v) is 3.46. The molecule has 2 N–H and O–H groups in total. The van der Waals surface area contributed by atoms with Crippen molar-refractivity contribution in [3.05, 3.63) is 54.4 Å². The van der Waals surface area contributed by atoms with Gasteiger partial charge in [0.05, 0.1) is 0 Å². The summed E-state index contributed by atoms with van der Waals surface area (Å²) in [7, 11) is 5.88. The number of rotatable bonds is 6. The van der Waals surface area contributed by atoms with Crippen LogP contribution in [0.25, 0.3) is 0 Å². The molecule has 1 heterocycles. The molecule has 2 aromatic rings. The third kappa shape index (κ3) is 6.52. The zero-order chi connectivity index (χ0) is 15.8. The molecule has 0 amide bonds. The Morgan fingerprint density at radius 2 is 1.74 bits per heavy atom. The molecule has 0 atom stereocenters. The molecule has 0 bridgehead atoms. The van der Waals surface area contributed by atoms with Crippen LogP contribution in [0.3, 0.4) is 0 Å². The van der Waals surface area contributed by atoms with Gasteiger partial charge in [0.1, 0.15) is 0 Å². The van der Waals surface area contributed by atoms with Crippen molar-refractivity contribution in [2.24, 2.45) is 4.99 Å². The molecular formula is C17H26IN5. The lowest BCUT2D eigenvalue weighted by atomic mass is 10.2. The van der Waals surface area contributed by atoms with E-state index in [0.717, 1.165) is 25.6 Å². The Morgan fingerprint density at radius 1 is 1.09 bits per heavy atom. The Morgan fingerprint density at radius 3 is 2.30 bits per heavy atom. The summed E-state index contributed by atoms with van der Waals surface area (Å²) in [6, 6.07) is 12.6. The molecule has 0 aliphatic carbocycles. The van der Waals surface area contributed by atoms with Gasteiger partial charge in [-0.25, -0.2) is 0 Å². The van der Waals surface area contributed by atoms with Crippen LogP contribution in [0, 0.1) is 0 Å².